The Kier molecular flexibility index (Phi) is 6.18. The number of likely N-dealkylation sites (N-methyl/N-ethyl adjacent to an activating group) is 1. The zero-order chi connectivity index (χ0) is 16.9. The Morgan fingerprint density at radius 3 is 2.22 bits per heavy atom. The second-order valence-electron chi connectivity index (χ2n) is 5.61. The molecule has 0 amide bonds. The number of sulfonamides is 1. The number of halogens is 1. The summed E-state index contributed by atoms with van der Waals surface area (Å²) in [7, 11) is 0.364. The Bertz CT molecular complexity index is 716. The Morgan fingerprint density at radius 1 is 1.04 bits per heavy atom. The molecule has 0 aliphatic heterocycles. The third-order valence-electron chi connectivity index (χ3n) is 3.68. The summed E-state index contributed by atoms with van der Waals surface area (Å²) < 4.78 is 27.4. The number of hydrogen-bond acceptors (Lipinski definition) is 3. The van der Waals surface area contributed by atoms with Crippen LogP contribution in [-0.4, -0.2) is 40.0 Å². The molecule has 2 aromatic carbocycles. The van der Waals surface area contributed by atoms with E-state index in [1.807, 2.05) is 49.3 Å². The summed E-state index contributed by atoms with van der Waals surface area (Å²) in [5.74, 6) is 0. The Labute approximate surface area is 143 Å². The largest absolute Gasteiger partial charge is 0.305 e. The van der Waals surface area contributed by atoms with E-state index in [-0.39, 0.29) is 10.9 Å². The number of benzene rings is 2. The summed E-state index contributed by atoms with van der Waals surface area (Å²) in [5.41, 5.74) is 1.18. The molecule has 0 spiro atoms. The lowest BCUT2D eigenvalue weighted by Crippen LogP contribution is -2.41. The lowest BCUT2D eigenvalue weighted by atomic mass is 10.1. The molecular formula is C17H21ClN2O2S. The van der Waals surface area contributed by atoms with Crippen LogP contribution in [0.15, 0.2) is 59.5 Å². The lowest BCUT2D eigenvalue weighted by Gasteiger charge is -2.24. The van der Waals surface area contributed by atoms with Crippen LogP contribution in [0.1, 0.15) is 5.56 Å². The average molecular weight is 353 g/mol. The number of nitrogens with one attached hydrogen (secondary N) is 1. The molecule has 0 aliphatic carbocycles. The molecule has 0 fully saturated rings. The molecule has 124 valence electrons. The molecule has 0 bridgehead atoms. The van der Waals surface area contributed by atoms with Gasteiger partial charge in [0.15, 0.2) is 0 Å². The van der Waals surface area contributed by atoms with Gasteiger partial charge in [0, 0.05) is 17.6 Å². The molecular weight excluding hydrogens is 332 g/mol. The molecule has 0 saturated carbocycles. The van der Waals surface area contributed by atoms with Gasteiger partial charge in [-0.2, -0.15) is 0 Å². The normalized spacial score (nSPS) is 13.2. The van der Waals surface area contributed by atoms with Crippen molar-refractivity contribution < 1.29 is 8.42 Å². The van der Waals surface area contributed by atoms with Crippen LogP contribution in [0.4, 0.5) is 0 Å². The molecule has 0 aromatic heterocycles. The van der Waals surface area contributed by atoms with E-state index in [9.17, 15) is 8.42 Å². The van der Waals surface area contributed by atoms with Gasteiger partial charge in [-0.15, -0.1) is 0 Å². The molecule has 0 aliphatic rings. The van der Waals surface area contributed by atoms with Gasteiger partial charge in [-0.1, -0.05) is 41.9 Å². The summed E-state index contributed by atoms with van der Waals surface area (Å²) in [6.45, 7) is 0.340. The molecule has 23 heavy (non-hydrogen) atoms. The van der Waals surface area contributed by atoms with E-state index in [1.54, 1.807) is 12.1 Å². The SMILES string of the molecule is CN(C)C(CNS(=O)(=O)c1ccc(Cl)cc1)Cc1ccccc1. The van der Waals surface area contributed by atoms with Crippen LogP contribution >= 0.6 is 11.6 Å². The number of rotatable bonds is 7. The molecule has 0 heterocycles. The second kappa shape index (κ2) is 7.93. The van der Waals surface area contributed by atoms with Crippen molar-refractivity contribution in [3.8, 4) is 0 Å². The van der Waals surface area contributed by atoms with E-state index < -0.39 is 10.0 Å². The summed E-state index contributed by atoms with van der Waals surface area (Å²) in [6.07, 6.45) is 0.775. The Morgan fingerprint density at radius 2 is 1.65 bits per heavy atom. The highest BCUT2D eigenvalue weighted by atomic mass is 35.5. The molecule has 4 nitrogen and oxygen atoms in total. The summed E-state index contributed by atoms with van der Waals surface area (Å²) in [4.78, 5) is 2.25. The maximum atomic E-state index is 12.4. The van der Waals surface area contributed by atoms with E-state index in [2.05, 4.69) is 4.72 Å². The number of hydrogen-bond donors (Lipinski definition) is 1. The summed E-state index contributed by atoms with van der Waals surface area (Å²) in [5, 5.41) is 0.513. The minimum absolute atomic E-state index is 0.0690. The van der Waals surface area contributed by atoms with Crippen LogP contribution in [-0.2, 0) is 16.4 Å². The van der Waals surface area contributed by atoms with Gasteiger partial charge in [-0.3, -0.25) is 0 Å². The molecule has 0 radical (unpaired) electrons. The number of nitrogens with zero attached hydrogens (tertiary/aromatic N) is 1. The van der Waals surface area contributed by atoms with E-state index in [0.29, 0.717) is 11.6 Å². The average Bonchev–Trinajstić information content (AvgIpc) is 2.52. The Balaban J connectivity index is 2.04. The van der Waals surface area contributed by atoms with Crippen molar-refractivity contribution in [1.82, 2.24) is 9.62 Å². The molecule has 0 saturated heterocycles. The lowest BCUT2D eigenvalue weighted by molar-refractivity contribution is 0.291. The fraction of sp³-hybridized carbons (Fsp3) is 0.294. The first-order chi connectivity index (χ1) is 10.9. The molecule has 2 rings (SSSR count). The quantitative estimate of drug-likeness (QED) is 0.833. The van der Waals surface area contributed by atoms with Crippen molar-refractivity contribution >= 4 is 21.6 Å². The van der Waals surface area contributed by atoms with Crippen molar-refractivity contribution in [2.24, 2.45) is 0 Å². The predicted octanol–water partition coefficient (Wildman–Crippen LogP) is 2.79. The van der Waals surface area contributed by atoms with Gasteiger partial charge < -0.3 is 4.90 Å². The van der Waals surface area contributed by atoms with E-state index in [4.69, 9.17) is 11.6 Å². The third-order valence-corrected chi connectivity index (χ3v) is 5.37. The van der Waals surface area contributed by atoms with Gasteiger partial charge in [0.2, 0.25) is 10.0 Å². The fourth-order valence-electron chi connectivity index (χ4n) is 2.23. The van der Waals surface area contributed by atoms with E-state index in [0.717, 1.165) is 6.42 Å². The van der Waals surface area contributed by atoms with Crippen LogP contribution in [0.3, 0.4) is 0 Å². The minimum Gasteiger partial charge on any atom is -0.305 e. The van der Waals surface area contributed by atoms with Gasteiger partial charge in [-0.05, 0) is 50.3 Å². The maximum absolute atomic E-state index is 12.4. The van der Waals surface area contributed by atoms with Gasteiger partial charge in [0.05, 0.1) is 4.90 Å². The zero-order valence-corrected chi connectivity index (χ0v) is 14.8. The van der Waals surface area contributed by atoms with Crippen molar-refractivity contribution in [3.63, 3.8) is 0 Å². The standard InChI is InChI=1S/C17H21ClN2O2S/c1-20(2)16(12-14-6-4-3-5-7-14)13-19-23(21,22)17-10-8-15(18)9-11-17/h3-11,16,19H,12-13H2,1-2H3. The van der Waals surface area contributed by atoms with Gasteiger partial charge in [-0.25, -0.2) is 13.1 Å². The monoisotopic (exact) mass is 352 g/mol. The van der Waals surface area contributed by atoms with Gasteiger partial charge >= 0.3 is 0 Å². The van der Waals surface area contributed by atoms with E-state index in [1.165, 1.54) is 17.7 Å². The molecule has 1 atom stereocenters. The summed E-state index contributed by atoms with van der Waals surface area (Å²) in [6, 6.07) is 16.3. The maximum Gasteiger partial charge on any atom is 0.240 e. The summed E-state index contributed by atoms with van der Waals surface area (Å²) >= 11 is 5.80. The van der Waals surface area contributed by atoms with Crippen molar-refractivity contribution in [2.45, 2.75) is 17.4 Å². The highest BCUT2D eigenvalue weighted by Gasteiger charge is 2.18. The van der Waals surface area contributed by atoms with Crippen LogP contribution in [0.25, 0.3) is 0 Å². The molecule has 2 aromatic rings. The predicted molar refractivity (Wildman–Crippen MR) is 94.3 cm³/mol. The van der Waals surface area contributed by atoms with Crippen LogP contribution < -0.4 is 4.72 Å². The molecule has 1 N–H and O–H groups in total. The first-order valence-corrected chi connectivity index (χ1v) is 9.20. The minimum atomic E-state index is -3.53. The zero-order valence-electron chi connectivity index (χ0n) is 13.2. The van der Waals surface area contributed by atoms with Crippen LogP contribution in [0.5, 0.6) is 0 Å². The van der Waals surface area contributed by atoms with Crippen molar-refractivity contribution in [1.29, 1.82) is 0 Å². The fourth-order valence-corrected chi connectivity index (χ4v) is 3.43. The highest BCUT2D eigenvalue weighted by Crippen LogP contribution is 2.14. The van der Waals surface area contributed by atoms with E-state index >= 15 is 0 Å². The Hall–Kier alpha value is -1.40. The third kappa shape index (κ3) is 5.32. The second-order valence-corrected chi connectivity index (χ2v) is 7.82. The van der Waals surface area contributed by atoms with Crippen LogP contribution in [0, 0.1) is 0 Å². The topological polar surface area (TPSA) is 49.4 Å². The first kappa shape index (κ1) is 17.9. The first-order valence-electron chi connectivity index (χ1n) is 7.34. The molecule has 6 heteroatoms. The van der Waals surface area contributed by atoms with Crippen molar-refractivity contribution in [3.05, 3.63) is 65.2 Å². The van der Waals surface area contributed by atoms with Gasteiger partial charge in [0.25, 0.3) is 0 Å². The highest BCUT2D eigenvalue weighted by molar-refractivity contribution is 7.89. The van der Waals surface area contributed by atoms with Crippen LogP contribution in [0.2, 0.25) is 5.02 Å². The molecule has 1 unspecified atom stereocenters. The smallest absolute Gasteiger partial charge is 0.240 e. The van der Waals surface area contributed by atoms with Gasteiger partial charge in [0.1, 0.15) is 0 Å². The van der Waals surface area contributed by atoms with Crippen molar-refractivity contribution in [2.75, 3.05) is 20.6 Å².